The predicted octanol–water partition coefficient (Wildman–Crippen LogP) is 2.04. The second-order valence-corrected chi connectivity index (χ2v) is 5.14. The predicted molar refractivity (Wildman–Crippen MR) is 81.7 cm³/mol. The van der Waals surface area contributed by atoms with E-state index in [0.29, 0.717) is 17.0 Å². The average molecular weight is 288 g/mol. The van der Waals surface area contributed by atoms with Crippen molar-refractivity contribution in [2.45, 2.75) is 13.5 Å². The van der Waals surface area contributed by atoms with Gasteiger partial charge in [0, 0.05) is 12.2 Å². The Morgan fingerprint density at radius 1 is 1.43 bits per heavy atom. The summed E-state index contributed by atoms with van der Waals surface area (Å²) < 4.78 is 5.30. The zero-order chi connectivity index (χ0) is 15.4. The van der Waals surface area contributed by atoms with Gasteiger partial charge in [-0.05, 0) is 38.7 Å². The number of aromatic amines is 1. The van der Waals surface area contributed by atoms with Crippen LogP contribution >= 0.6 is 0 Å². The summed E-state index contributed by atoms with van der Waals surface area (Å²) in [6, 6.07) is 5.76. The highest BCUT2D eigenvalue weighted by atomic mass is 16.5. The van der Waals surface area contributed by atoms with E-state index in [9.17, 15) is 4.79 Å². The molecule has 0 saturated carbocycles. The van der Waals surface area contributed by atoms with Gasteiger partial charge in [0.05, 0.1) is 24.6 Å². The third kappa shape index (κ3) is 3.61. The molecular weight excluding hydrogens is 268 g/mol. The molecule has 0 bridgehead atoms. The Bertz CT molecular complexity index is 634. The third-order valence-electron chi connectivity index (χ3n) is 3.09. The van der Waals surface area contributed by atoms with Gasteiger partial charge in [-0.25, -0.2) is 0 Å². The average Bonchev–Trinajstić information content (AvgIpc) is 2.84. The van der Waals surface area contributed by atoms with Gasteiger partial charge in [-0.1, -0.05) is 6.07 Å². The molecule has 2 rings (SSSR count). The largest absolute Gasteiger partial charge is 0.495 e. The van der Waals surface area contributed by atoms with E-state index in [1.54, 1.807) is 7.11 Å². The van der Waals surface area contributed by atoms with Gasteiger partial charge in [0.15, 0.2) is 0 Å². The second kappa shape index (κ2) is 6.41. The Morgan fingerprint density at radius 3 is 2.76 bits per heavy atom. The quantitative estimate of drug-likeness (QED) is 0.883. The molecule has 0 fully saturated rings. The third-order valence-corrected chi connectivity index (χ3v) is 3.09. The highest BCUT2D eigenvalue weighted by Crippen LogP contribution is 2.26. The fourth-order valence-corrected chi connectivity index (χ4v) is 2.09. The number of amides is 1. The van der Waals surface area contributed by atoms with Gasteiger partial charge in [0.1, 0.15) is 5.75 Å². The van der Waals surface area contributed by atoms with Crippen molar-refractivity contribution in [3.8, 4) is 5.75 Å². The number of H-pyrrole nitrogens is 1. The summed E-state index contributed by atoms with van der Waals surface area (Å²) in [4.78, 5) is 14.3. The first-order valence-corrected chi connectivity index (χ1v) is 6.64. The van der Waals surface area contributed by atoms with Crippen LogP contribution in [-0.2, 0) is 6.54 Å². The van der Waals surface area contributed by atoms with Gasteiger partial charge in [-0.3, -0.25) is 9.89 Å². The second-order valence-electron chi connectivity index (χ2n) is 5.14. The molecule has 21 heavy (non-hydrogen) atoms. The van der Waals surface area contributed by atoms with Crippen molar-refractivity contribution in [3.63, 3.8) is 0 Å². The first-order valence-electron chi connectivity index (χ1n) is 6.64. The monoisotopic (exact) mass is 288 g/mol. The molecule has 0 aliphatic carbocycles. The van der Waals surface area contributed by atoms with Gasteiger partial charge < -0.3 is 15.0 Å². The normalized spacial score (nSPS) is 10.7. The number of carbonyl (C=O) groups excluding carboxylic acids is 1. The van der Waals surface area contributed by atoms with E-state index >= 15 is 0 Å². The lowest BCUT2D eigenvalue weighted by atomic mass is 10.1. The maximum atomic E-state index is 12.3. The highest BCUT2D eigenvalue weighted by Gasteiger charge is 2.14. The number of benzene rings is 1. The Hall–Kier alpha value is -2.34. The van der Waals surface area contributed by atoms with Crippen LogP contribution in [0.3, 0.4) is 0 Å². The minimum absolute atomic E-state index is 0.207. The lowest BCUT2D eigenvalue weighted by Gasteiger charge is -2.14. The number of aromatic nitrogens is 2. The number of hydrogen-bond acceptors (Lipinski definition) is 4. The van der Waals surface area contributed by atoms with Crippen molar-refractivity contribution in [2.75, 3.05) is 26.5 Å². The standard InChI is InChI=1S/C15H20N4O2/c1-10-12(8-16-18-10)15(20)17-13-7-11(9-19(2)3)5-6-14(13)21-4/h5-8H,9H2,1-4H3,(H,16,18)(H,17,20). The summed E-state index contributed by atoms with van der Waals surface area (Å²) in [5, 5.41) is 9.49. The Balaban J connectivity index is 2.25. The topological polar surface area (TPSA) is 70.2 Å². The van der Waals surface area contributed by atoms with E-state index in [1.165, 1.54) is 6.20 Å². The first-order chi connectivity index (χ1) is 10.0. The summed E-state index contributed by atoms with van der Waals surface area (Å²) >= 11 is 0. The lowest BCUT2D eigenvalue weighted by Crippen LogP contribution is -2.14. The molecule has 0 aliphatic heterocycles. The van der Waals surface area contributed by atoms with Gasteiger partial charge in [0.2, 0.25) is 0 Å². The Labute approximate surface area is 124 Å². The maximum absolute atomic E-state index is 12.3. The number of nitrogens with zero attached hydrogens (tertiary/aromatic N) is 2. The summed E-state index contributed by atoms with van der Waals surface area (Å²) in [5.74, 6) is 0.425. The Morgan fingerprint density at radius 2 is 2.19 bits per heavy atom. The van der Waals surface area contributed by atoms with Gasteiger partial charge in [-0.2, -0.15) is 5.10 Å². The number of ether oxygens (including phenoxy) is 1. The fourth-order valence-electron chi connectivity index (χ4n) is 2.09. The van der Waals surface area contributed by atoms with Crippen LogP contribution in [0.15, 0.2) is 24.4 Å². The van der Waals surface area contributed by atoms with Crippen LogP contribution in [-0.4, -0.2) is 42.2 Å². The SMILES string of the molecule is COc1ccc(CN(C)C)cc1NC(=O)c1cn[nH]c1C. The molecule has 2 aromatic rings. The van der Waals surface area contributed by atoms with E-state index in [0.717, 1.165) is 17.8 Å². The molecule has 6 heteroatoms. The van der Waals surface area contributed by atoms with Crippen LogP contribution in [0.2, 0.25) is 0 Å². The van der Waals surface area contributed by atoms with Crippen molar-refractivity contribution in [1.82, 2.24) is 15.1 Å². The van der Waals surface area contributed by atoms with Crippen LogP contribution in [0.25, 0.3) is 0 Å². The van der Waals surface area contributed by atoms with Gasteiger partial charge in [-0.15, -0.1) is 0 Å². The van der Waals surface area contributed by atoms with Crippen molar-refractivity contribution in [1.29, 1.82) is 0 Å². The van der Waals surface area contributed by atoms with Gasteiger partial charge in [0.25, 0.3) is 5.91 Å². The van der Waals surface area contributed by atoms with Crippen LogP contribution in [0.1, 0.15) is 21.6 Å². The zero-order valence-corrected chi connectivity index (χ0v) is 12.7. The molecule has 2 N–H and O–H groups in total. The van der Waals surface area contributed by atoms with E-state index in [2.05, 4.69) is 20.4 Å². The summed E-state index contributed by atoms with van der Waals surface area (Å²) in [6.45, 7) is 2.60. The van der Waals surface area contributed by atoms with Crippen LogP contribution in [0.4, 0.5) is 5.69 Å². The van der Waals surface area contributed by atoms with Crippen molar-refractivity contribution in [3.05, 3.63) is 41.2 Å². The molecule has 0 saturated heterocycles. The van der Waals surface area contributed by atoms with Crippen LogP contribution < -0.4 is 10.1 Å². The number of rotatable bonds is 5. The maximum Gasteiger partial charge on any atom is 0.259 e. The molecule has 1 aromatic carbocycles. The van der Waals surface area contributed by atoms with Crippen molar-refractivity contribution >= 4 is 11.6 Å². The van der Waals surface area contributed by atoms with E-state index in [1.807, 2.05) is 39.2 Å². The number of hydrogen-bond donors (Lipinski definition) is 2. The minimum atomic E-state index is -0.207. The minimum Gasteiger partial charge on any atom is -0.495 e. The molecule has 1 amide bonds. The molecule has 1 aromatic heterocycles. The van der Waals surface area contributed by atoms with Gasteiger partial charge >= 0.3 is 0 Å². The fraction of sp³-hybridized carbons (Fsp3) is 0.333. The molecule has 0 spiro atoms. The number of anilines is 1. The number of aryl methyl sites for hydroxylation is 1. The summed E-state index contributed by atoms with van der Waals surface area (Å²) in [7, 11) is 5.58. The van der Waals surface area contributed by atoms with E-state index in [-0.39, 0.29) is 5.91 Å². The number of nitrogens with one attached hydrogen (secondary N) is 2. The molecule has 0 unspecified atom stereocenters. The van der Waals surface area contributed by atoms with Crippen molar-refractivity contribution < 1.29 is 9.53 Å². The first kappa shape index (κ1) is 15.1. The highest BCUT2D eigenvalue weighted by molar-refractivity contribution is 6.05. The molecule has 112 valence electrons. The summed E-state index contributed by atoms with van der Waals surface area (Å²) in [5.41, 5.74) is 3.01. The van der Waals surface area contributed by atoms with E-state index < -0.39 is 0 Å². The Kier molecular flexibility index (Phi) is 4.59. The molecule has 0 atom stereocenters. The number of carbonyl (C=O) groups is 1. The molecule has 1 heterocycles. The van der Waals surface area contributed by atoms with Crippen LogP contribution in [0.5, 0.6) is 5.75 Å². The summed E-state index contributed by atoms with van der Waals surface area (Å²) in [6.07, 6.45) is 1.51. The molecule has 0 aliphatic rings. The lowest BCUT2D eigenvalue weighted by molar-refractivity contribution is 0.102. The molecule has 6 nitrogen and oxygen atoms in total. The van der Waals surface area contributed by atoms with Crippen molar-refractivity contribution in [2.24, 2.45) is 0 Å². The van der Waals surface area contributed by atoms with E-state index in [4.69, 9.17) is 4.74 Å². The number of methoxy groups -OCH3 is 1. The van der Waals surface area contributed by atoms with Crippen LogP contribution in [0, 0.1) is 6.92 Å². The molecular formula is C15H20N4O2. The molecule has 0 radical (unpaired) electrons. The smallest absolute Gasteiger partial charge is 0.259 e. The zero-order valence-electron chi connectivity index (χ0n) is 12.7.